The van der Waals surface area contributed by atoms with Crippen LogP contribution in [-0.2, 0) is 0 Å². The van der Waals surface area contributed by atoms with Gasteiger partial charge in [-0.2, -0.15) is 0 Å². The van der Waals surface area contributed by atoms with Crippen molar-refractivity contribution in [3.05, 3.63) is 53.3 Å². The van der Waals surface area contributed by atoms with Crippen LogP contribution in [0.2, 0.25) is 5.02 Å². The van der Waals surface area contributed by atoms with Gasteiger partial charge in [0.15, 0.2) is 0 Å². The van der Waals surface area contributed by atoms with Crippen molar-refractivity contribution in [3.63, 3.8) is 0 Å². The van der Waals surface area contributed by atoms with Gasteiger partial charge in [-0.25, -0.2) is 0 Å². The standard InChI is InChI=1S/C11H9ClN2O/c12-9-4-3-8(11(13)15)7-10(9)14-5-1-2-6-14/h1-7H,(H2,13,15). The molecule has 1 amide bonds. The van der Waals surface area contributed by atoms with E-state index < -0.39 is 5.91 Å². The minimum absolute atomic E-state index is 0.447. The highest BCUT2D eigenvalue weighted by Crippen LogP contribution is 2.21. The van der Waals surface area contributed by atoms with Crippen molar-refractivity contribution < 1.29 is 4.79 Å². The molecule has 0 aliphatic heterocycles. The molecule has 76 valence electrons. The van der Waals surface area contributed by atoms with E-state index in [9.17, 15) is 4.79 Å². The maximum absolute atomic E-state index is 11.0. The maximum atomic E-state index is 11.0. The van der Waals surface area contributed by atoms with Crippen molar-refractivity contribution in [3.8, 4) is 5.69 Å². The molecule has 2 aromatic rings. The van der Waals surface area contributed by atoms with Crippen molar-refractivity contribution in [2.45, 2.75) is 0 Å². The number of halogens is 1. The smallest absolute Gasteiger partial charge is 0.248 e. The Hall–Kier alpha value is -1.74. The summed E-state index contributed by atoms with van der Waals surface area (Å²) in [5.41, 5.74) is 6.39. The maximum Gasteiger partial charge on any atom is 0.248 e. The van der Waals surface area contributed by atoms with Gasteiger partial charge in [0.25, 0.3) is 0 Å². The molecule has 0 saturated carbocycles. The Kier molecular flexibility index (Phi) is 2.47. The van der Waals surface area contributed by atoms with E-state index in [-0.39, 0.29) is 0 Å². The fraction of sp³-hybridized carbons (Fsp3) is 0. The number of nitrogens with zero attached hydrogens (tertiary/aromatic N) is 1. The molecule has 1 aromatic carbocycles. The quantitative estimate of drug-likeness (QED) is 0.829. The molecule has 0 aliphatic rings. The topological polar surface area (TPSA) is 48.0 Å². The molecule has 3 nitrogen and oxygen atoms in total. The van der Waals surface area contributed by atoms with Crippen LogP contribution in [0.5, 0.6) is 0 Å². The highest BCUT2D eigenvalue weighted by Gasteiger charge is 2.06. The van der Waals surface area contributed by atoms with Crippen molar-refractivity contribution in [2.75, 3.05) is 0 Å². The van der Waals surface area contributed by atoms with Crippen LogP contribution in [0.3, 0.4) is 0 Å². The van der Waals surface area contributed by atoms with Gasteiger partial charge in [-0.3, -0.25) is 4.79 Å². The second-order valence-electron chi connectivity index (χ2n) is 3.12. The van der Waals surface area contributed by atoms with Gasteiger partial charge in [0, 0.05) is 18.0 Å². The van der Waals surface area contributed by atoms with Gasteiger partial charge in [-0.1, -0.05) is 11.6 Å². The van der Waals surface area contributed by atoms with Gasteiger partial charge in [0.2, 0.25) is 5.91 Å². The lowest BCUT2D eigenvalue weighted by molar-refractivity contribution is 0.100. The third-order valence-corrected chi connectivity index (χ3v) is 2.43. The molecule has 0 spiro atoms. The molecule has 15 heavy (non-hydrogen) atoms. The lowest BCUT2D eigenvalue weighted by Crippen LogP contribution is -2.11. The first-order valence-corrected chi connectivity index (χ1v) is 4.79. The summed E-state index contributed by atoms with van der Waals surface area (Å²) in [4.78, 5) is 11.0. The summed E-state index contributed by atoms with van der Waals surface area (Å²) in [6.07, 6.45) is 3.71. The Morgan fingerprint density at radius 3 is 2.53 bits per heavy atom. The number of hydrogen-bond acceptors (Lipinski definition) is 1. The molecular formula is C11H9ClN2O. The first-order chi connectivity index (χ1) is 7.18. The van der Waals surface area contributed by atoms with Crippen LogP contribution in [0.15, 0.2) is 42.7 Å². The first kappa shape index (κ1) is 9.80. The number of amides is 1. The molecule has 4 heteroatoms. The fourth-order valence-electron chi connectivity index (χ4n) is 1.36. The van der Waals surface area contributed by atoms with Gasteiger partial charge >= 0.3 is 0 Å². The second-order valence-corrected chi connectivity index (χ2v) is 3.53. The van der Waals surface area contributed by atoms with E-state index in [1.807, 2.05) is 29.1 Å². The van der Waals surface area contributed by atoms with E-state index in [0.717, 1.165) is 5.69 Å². The fourth-order valence-corrected chi connectivity index (χ4v) is 1.57. The van der Waals surface area contributed by atoms with Gasteiger partial charge in [0.1, 0.15) is 0 Å². The Bertz CT molecular complexity index is 491. The average molecular weight is 221 g/mol. The van der Waals surface area contributed by atoms with Crippen LogP contribution in [0, 0.1) is 0 Å². The number of primary amides is 1. The molecule has 1 heterocycles. The number of carbonyl (C=O) groups is 1. The highest BCUT2D eigenvalue weighted by molar-refractivity contribution is 6.32. The summed E-state index contributed by atoms with van der Waals surface area (Å²) >= 11 is 6.02. The second kappa shape index (κ2) is 3.79. The van der Waals surface area contributed by atoms with E-state index in [4.69, 9.17) is 17.3 Å². The molecule has 0 radical (unpaired) electrons. The van der Waals surface area contributed by atoms with Gasteiger partial charge in [0.05, 0.1) is 10.7 Å². The van der Waals surface area contributed by atoms with Crippen molar-refractivity contribution in [1.29, 1.82) is 0 Å². The minimum Gasteiger partial charge on any atom is -0.366 e. The van der Waals surface area contributed by atoms with E-state index in [1.54, 1.807) is 18.2 Å². The van der Waals surface area contributed by atoms with Crippen molar-refractivity contribution >= 4 is 17.5 Å². The van der Waals surface area contributed by atoms with Gasteiger partial charge < -0.3 is 10.3 Å². The van der Waals surface area contributed by atoms with Crippen LogP contribution in [-0.4, -0.2) is 10.5 Å². The van der Waals surface area contributed by atoms with Crippen LogP contribution < -0.4 is 5.73 Å². The van der Waals surface area contributed by atoms with E-state index >= 15 is 0 Å². The number of benzene rings is 1. The van der Waals surface area contributed by atoms with Crippen molar-refractivity contribution in [2.24, 2.45) is 5.73 Å². The van der Waals surface area contributed by atoms with Gasteiger partial charge in [-0.15, -0.1) is 0 Å². The third kappa shape index (κ3) is 1.87. The lowest BCUT2D eigenvalue weighted by Gasteiger charge is -2.06. The number of hydrogen-bond donors (Lipinski definition) is 1. The zero-order valence-electron chi connectivity index (χ0n) is 7.85. The monoisotopic (exact) mass is 220 g/mol. The normalized spacial score (nSPS) is 10.2. The molecule has 2 rings (SSSR count). The van der Waals surface area contributed by atoms with Crippen LogP contribution >= 0.6 is 11.6 Å². The molecule has 0 unspecified atom stereocenters. The molecular weight excluding hydrogens is 212 g/mol. The van der Waals surface area contributed by atoms with Crippen LogP contribution in [0.4, 0.5) is 0 Å². The highest BCUT2D eigenvalue weighted by atomic mass is 35.5. The summed E-state index contributed by atoms with van der Waals surface area (Å²) in [6.45, 7) is 0. The summed E-state index contributed by atoms with van der Waals surface area (Å²) < 4.78 is 1.83. The molecule has 0 atom stereocenters. The van der Waals surface area contributed by atoms with Crippen LogP contribution in [0.1, 0.15) is 10.4 Å². The largest absolute Gasteiger partial charge is 0.366 e. The van der Waals surface area contributed by atoms with Crippen molar-refractivity contribution in [1.82, 2.24) is 4.57 Å². The molecule has 1 aromatic heterocycles. The van der Waals surface area contributed by atoms with E-state index in [0.29, 0.717) is 10.6 Å². The summed E-state index contributed by atoms with van der Waals surface area (Å²) in [5.74, 6) is -0.458. The Morgan fingerprint density at radius 2 is 1.93 bits per heavy atom. The third-order valence-electron chi connectivity index (χ3n) is 2.11. The average Bonchev–Trinajstić information content (AvgIpc) is 2.71. The number of carbonyl (C=O) groups excluding carboxylic acids is 1. The molecule has 0 bridgehead atoms. The lowest BCUT2D eigenvalue weighted by atomic mass is 10.2. The minimum atomic E-state index is -0.458. The van der Waals surface area contributed by atoms with Gasteiger partial charge in [-0.05, 0) is 30.3 Å². The SMILES string of the molecule is NC(=O)c1ccc(Cl)c(-n2cccc2)c1. The Labute approximate surface area is 92.1 Å². The Morgan fingerprint density at radius 1 is 1.27 bits per heavy atom. The predicted octanol–water partition coefficient (Wildman–Crippen LogP) is 2.23. The van der Waals surface area contributed by atoms with E-state index in [1.165, 1.54) is 0 Å². The number of aromatic nitrogens is 1. The molecule has 0 saturated heterocycles. The summed E-state index contributed by atoms with van der Waals surface area (Å²) in [7, 11) is 0. The van der Waals surface area contributed by atoms with E-state index in [2.05, 4.69) is 0 Å². The number of nitrogens with two attached hydrogens (primary N) is 1. The molecule has 2 N–H and O–H groups in total. The number of rotatable bonds is 2. The zero-order chi connectivity index (χ0) is 10.8. The molecule has 0 aliphatic carbocycles. The first-order valence-electron chi connectivity index (χ1n) is 4.41. The Balaban J connectivity index is 2.55. The van der Waals surface area contributed by atoms with Crippen LogP contribution in [0.25, 0.3) is 5.69 Å². The molecule has 0 fully saturated rings. The summed E-state index contributed by atoms with van der Waals surface area (Å²) in [5, 5.41) is 0.580. The predicted molar refractivity (Wildman–Crippen MR) is 59.3 cm³/mol. The zero-order valence-corrected chi connectivity index (χ0v) is 8.61. The summed E-state index contributed by atoms with van der Waals surface area (Å²) in [6, 6.07) is 8.71.